The highest BCUT2D eigenvalue weighted by Crippen LogP contribution is 2.26. The van der Waals surface area contributed by atoms with Crippen molar-refractivity contribution in [1.82, 2.24) is 0 Å². The van der Waals surface area contributed by atoms with E-state index in [9.17, 15) is 10.2 Å². The van der Waals surface area contributed by atoms with Crippen LogP contribution < -0.4 is 0 Å². The highest BCUT2D eigenvalue weighted by atomic mass is 16.3. The van der Waals surface area contributed by atoms with Crippen LogP contribution in [-0.2, 0) is 0 Å². The van der Waals surface area contributed by atoms with Crippen molar-refractivity contribution in [2.45, 2.75) is 315 Å². The minimum Gasteiger partial charge on any atom is -0.393 e. The van der Waals surface area contributed by atoms with E-state index in [1.165, 1.54) is 244 Å². The molecule has 0 aromatic rings. The van der Waals surface area contributed by atoms with Crippen LogP contribution in [0.3, 0.4) is 0 Å². The van der Waals surface area contributed by atoms with E-state index in [2.05, 4.69) is 45.1 Å². The lowest BCUT2D eigenvalue weighted by Crippen LogP contribution is -2.32. The van der Waals surface area contributed by atoms with E-state index < -0.39 is 0 Å². The van der Waals surface area contributed by atoms with E-state index in [4.69, 9.17) is 0 Å². The van der Waals surface area contributed by atoms with E-state index >= 15 is 0 Å². The second-order valence-electron chi connectivity index (χ2n) is 18.3. The van der Waals surface area contributed by atoms with Gasteiger partial charge in [0.2, 0.25) is 0 Å². The van der Waals surface area contributed by atoms with Crippen molar-refractivity contribution in [3.05, 3.63) is 24.3 Å². The number of hydrogen-bond donors (Lipinski definition) is 2. The zero-order chi connectivity index (χ0) is 40.7. The van der Waals surface area contributed by atoms with Gasteiger partial charge in [-0.1, -0.05) is 257 Å². The van der Waals surface area contributed by atoms with Crippen LogP contribution in [0.25, 0.3) is 0 Å². The van der Waals surface area contributed by atoms with Crippen molar-refractivity contribution in [3.63, 3.8) is 0 Å². The molecule has 2 heteroatoms. The molecule has 56 heavy (non-hydrogen) atoms. The fraction of sp³-hybridized carbons (Fsp3) is 0.926. The Morgan fingerprint density at radius 3 is 0.696 bits per heavy atom. The summed E-state index contributed by atoms with van der Waals surface area (Å²) in [7, 11) is 0. The normalized spacial score (nSPS) is 13.7. The fourth-order valence-electron chi connectivity index (χ4n) is 8.67. The number of allylic oxidation sites excluding steroid dienone is 4. The molecule has 0 fully saturated rings. The first-order valence-corrected chi connectivity index (χ1v) is 26.3. The van der Waals surface area contributed by atoms with Gasteiger partial charge in [0.05, 0.1) is 12.2 Å². The van der Waals surface area contributed by atoms with Crippen molar-refractivity contribution < 1.29 is 10.2 Å². The number of unbranched alkanes of at least 4 members (excludes halogenated alkanes) is 36. The Bertz CT molecular complexity index is 758. The second-order valence-corrected chi connectivity index (χ2v) is 18.3. The van der Waals surface area contributed by atoms with Gasteiger partial charge >= 0.3 is 0 Å². The third-order valence-electron chi connectivity index (χ3n) is 12.7. The lowest BCUT2D eigenvalue weighted by molar-refractivity contribution is -0.00327. The molecule has 0 aromatic carbocycles. The van der Waals surface area contributed by atoms with Crippen molar-refractivity contribution in [1.29, 1.82) is 0 Å². The van der Waals surface area contributed by atoms with Crippen LogP contribution in [0.2, 0.25) is 0 Å². The molecule has 0 aliphatic heterocycles. The van der Waals surface area contributed by atoms with E-state index in [1.54, 1.807) is 0 Å². The first kappa shape index (κ1) is 55.4. The molecule has 0 spiro atoms. The Balaban J connectivity index is 4.27. The van der Waals surface area contributed by atoms with E-state index in [-0.39, 0.29) is 18.1 Å². The average molecular weight is 787 g/mol. The summed E-state index contributed by atoms with van der Waals surface area (Å²) < 4.78 is 0. The lowest BCUT2D eigenvalue weighted by Gasteiger charge is -2.28. The predicted molar refractivity (Wildman–Crippen MR) is 254 cm³/mol. The maximum atomic E-state index is 11.3. The zero-order valence-electron chi connectivity index (χ0n) is 39.0. The third kappa shape index (κ3) is 43.0. The van der Waals surface area contributed by atoms with Gasteiger partial charge in [-0.3, -0.25) is 0 Å². The Morgan fingerprint density at radius 2 is 0.446 bits per heavy atom. The number of aliphatic hydroxyl groups excluding tert-OH is 2. The van der Waals surface area contributed by atoms with Gasteiger partial charge in [0, 0.05) is 5.92 Å². The molecular weight excluding hydrogens is 681 g/mol. The summed E-state index contributed by atoms with van der Waals surface area (Å²) in [5.41, 5.74) is 0. The average Bonchev–Trinajstić information content (AvgIpc) is 3.20. The van der Waals surface area contributed by atoms with Gasteiger partial charge in [0.15, 0.2) is 0 Å². The molecule has 0 aliphatic rings. The van der Waals surface area contributed by atoms with Gasteiger partial charge in [-0.05, 0) is 70.6 Å². The number of rotatable bonds is 48. The molecule has 0 radical (unpaired) electrons. The summed E-state index contributed by atoms with van der Waals surface area (Å²) in [6, 6.07) is 0. The first-order valence-electron chi connectivity index (χ1n) is 26.3. The number of aliphatic hydroxyl groups is 2. The van der Waals surface area contributed by atoms with Crippen LogP contribution in [0.5, 0.6) is 0 Å². The fourth-order valence-corrected chi connectivity index (χ4v) is 8.67. The highest BCUT2D eigenvalue weighted by molar-refractivity contribution is 4.82. The van der Waals surface area contributed by atoms with Gasteiger partial charge in [-0.25, -0.2) is 0 Å². The molecule has 0 saturated carbocycles. The SMILES string of the molecule is CCCCCCCC/C=C\CCCCCCCCC(O)C(CCCCCCCC/C=C\CCCCCCCC)C(O)CCCCCCCCCCCCCCC. The van der Waals surface area contributed by atoms with Crippen LogP contribution >= 0.6 is 0 Å². The Hall–Kier alpha value is -0.600. The van der Waals surface area contributed by atoms with Crippen LogP contribution in [0.1, 0.15) is 303 Å². The Labute approximate surface area is 354 Å². The number of hydrogen-bond acceptors (Lipinski definition) is 2. The molecule has 0 aliphatic carbocycles. The molecular formula is C54H106O2. The molecule has 2 N–H and O–H groups in total. The minimum atomic E-state index is -0.341. The molecule has 0 heterocycles. The van der Waals surface area contributed by atoms with Gasteiger partial charge in [-0.2, -0.15) is 0 Å². The summed E-state index contributed by atoms with van der Waals surface area (Å²) in [6.45, 7) is 6.88. The summed E-state index contributed by atoms with van der Waals surface area (Å²) >= 11 is 0. The summed E-state index contributed by atoms with van der Waals surface area (Å²) in [5.74, 6) is 0.0623. The first-order chi connectivity index (χ1) is 27.7. The zero-order valence-corrected chi connectivity index (χ0v) is 39.0. The molecule has 0 aromatic heterocycles. The van der Waals surface area contributed by atoms with Crippen LogP contribution in [0, 0.1) is 5.92 Å². The molecule has 3 unspecified atom stereocenters. The maximum absolute atomic E-state index is 11.3. The topological polar surface area (TPSA) is 40.5 Å². The van der Waals surface area contributed by atoms with Crippen molar-refractivity contribution in [2.75, 3.05) is 0 Å². The summed E-state index contributed by atoms with van der Waals surface area (Å²) in [4.78, 5) is 0. The van der Waals surface area contributed by atoms with Crippen molar-refractivity contribution in [2.24, 2.45) is 5.92 Å². The van der Waals surface area contributed by atoms with Crippen LogP contribution in [0.15, 0.2) is 24.3 Å². The third-order valence-corrected chi connectivity index (χ3v) is 12.7. The largest absolute Gasteiger partial charge is 0.393 e. The van der Waals surface area contributed by atoms with Gasteiger partial charge < -0.3 is 10.2 Å². The van der Waals surface area contributed by atoms with Gasteiger partial charge in [0.25, 0.3) is 0 Å². The van der Waals surface area contributed by atoms with E-state index in [0.717, 1.165) is 38.5 Å². The highest BCUT2D eigenvalue weighted by Gasteiger charge is 2.26. The van der Waals surface area contributed by atoms with Crippen LogP contribution in [-0.4, -0.2) is 22.4 Å². The van der Waals surface area contributed by atoms with E-state index in [0.29, 0.717) is 0 Å². The minimum absolute atomic E-state index is 0.0623. The monoisotopic (exact) mass is 787 g/mol. The summed E-state index contributed by atoms with van der Waals surface area (Å²) in [6.07, 6.45) is 66.4. The quantitative estimate of drug-likeness (QED) is 0.0476. The molecule has 0 bridgehead atoms. The molecule has 0 amide bonds. The maximum Gasteiger partial charge on any atom is 0.0593 e. The molecule has 2 nitrogen and oxygen atoms in total. The van der Waals surface area contributed by atoms with Crippen molar-refractivity contribution in [3.8, 4) is 0 Å². The second kappa shape index (κ2) is 48.8. The van der Waals surface area contributed by atoms with Crippen molar-refractivity contribution >= 4 is 0 Å². The summed E-state index contributed by atoms with van der Waals surface area (Å²) in [5, 5.41) is 22.7. The van der Waals surface area contributed by atoms with Crippen LogP contribution in [0.4, 0.5) is 0 Å². The molecule has 3 atom stereocenters. The Morgan fingerprint density at radius 1 is 0.250 bits per heavy atom. The Kier molecular flexibility index (Phi) is 48.2. The van der Waals surface area contributed by atoms with Gasteiger partial charge in [-0.15, -0.1) is 0 Å². The smallest absolute Gasteiger partial charge is 0.0593 e. The molecule has 0 rings (SSSR count). The standard InChI is InChI=1S/C54H106O2/c1-4-7-10-13-16-19-22-25-27-29-32-34-37-40-43-46-49-52(53(55)50-47-44-41-38-35-31-24-21-18-15-12-9-6-3)54(56)51-48-45-42-39-36-33-30-28-26-23-20-17-14-11-8-5-2/h25-28,52-56H,4-24,29-51H2,1-3H3/b27-25-,28-26-. The molecule has 0 saturated heterocycles. The van der Waals surface area contributed by atoms with Gasteiger partial charge in [0.1, 0.15) is 0 Å². The lowest BCUT2D eigenvalue weighted by atomic mass is 9.85. The molecule has 334 valence electrons. The van der Waals surface area contributed by atoms with E-state index in [1.807, 2.05) is 0 Å². The predicted octanol–water partition coefficient (Wildman–Crippen LogP) is 18.7.